The second-order valence-corrected chi connectivity index (χ2v) is 16.6. The van der Waals surface area contributed by atoms with E-state index in [9.17, 15) is 21.6 Å². The van der Waals surface area contributed by atoms with E-state index in [4.69, 9.17) is 9.47 Å². The zero-order valence-electron chi connectivity index (χ0n) is 21.3. The summed E-state index contributed by atoms with van der Waals surface area (Å²) < 4.78 is 78.3. The minimum absolute atomic E-state index is 0.102. The van der Waals surface area contributed by atoms with Crippen LogP contribution in [0.25, 0.3) is 10.8 Å². The van der Waals surface area contributed by atoms with Crippen LogP contribution in [0.1, 0.15) is 52.7 Å². The number of ether oxygens (including phenoxy) is 2. The molecule has 0 aliphatic heterocycles. The summed E-state index contributed by atoms with van der Waals surface area (Å²) in [5.41, 5.74) is 0.108. The molecule has 0 aliphatic carbocycles. The third kappa shape index (κ3) is 5.96. The van der Waals surface area contributed by atoms with Gasteiger partial charge in [0, 0.05) is 24.1 Å². The van der Waals surface area contributed by atoms with Gasteiger partial charge in [-0.15, -0.1) is 5.54 Å². The molecule has 0 saturated carbocycles. The predicted octanol–water partition coefficient (Wildman–Crippen LogP) is 6.93. The monoisotopic (exact) mass is 530 g/mol. The van der Waals surface area contributed by atoms with Crippen LogP contribution in [0.5, 0.6) is 11.5 Å². The number of aryl methyl sites for hydroxylation is 1. The van der Waals surface area contributed by atoms with Crippen molar-refractivity contribution in [2.75, 3.05) is 13.9 Å². The number of fused-ring (bicyclic) bond motifs is 1. The molecule has 0 spiro atoms. The summed E-state index contributed by atoms with van der Waals surface area (Å²) in [6.07, 6.45) is 0. The van der Waals surface area contributed by atoms with E-state index in [1.807, 2.05) is 0 Å². The lowest BCUT2D eigenvalue weighted by Gasteiger charge is -2.38. The summed E-state index contributed by atoms with van der Waals surface area (Å²) >= 11 is 0. The van der Waals surface area contributed by atoms with Crippen LogP contribution in [0.3, 0.4) is 0 Å². The van der Waals surface area contributed by atoms with Gasteiger partial charge in [-0.2, -0.15) is 21.6 Å². The molecule has 0 amide bonds. The predicted molar refractivity (Wildman–Crippen MR) is 135 cm³/mol. The molecule has 0 aromatic heterocycles. The third-order valence-electron chi connectivity index (χ3n) is 6.36. The molecule has 0 radical (unpaired) electrons. The molecule has 2 rings (SSSR count). The average molecular weight is 531 g/mol. The number of methoxy groups -OCH3 is 1. The van der Waals surface area contributed by atoms with Crippen LogP contribution in [0.15, 0.2) is 24.3 Å². The summed E-state index contributed by atoms with van der Waals surface area (Å²) in [7, 11) is -6.72. The minimum Gasteiger partial charge on any atom is -0.467 e. The molecule has 10 heteroatoms. The Bertz CT molecular complexity index is 1200. The van der Waals surface area contributed by atoms with Gasteiger partial charge in [-0.3, -0.25) is 0 Å². The van der Waals surface area contributed by atoms with Crippen molar-refractivity contribution in [2.45, 2.75) is 70.6 Å². The molecule has 0 unspecified atom stereocenters. The van der Waals surface area contributed by atoms with Gasteiger partial charge >= 0.3 is 15.6 Å². The van der Waals surface area contributed by atoms with Gasteiger partial charge in [0.25, 0.3) is 0 Å². The lowest BCUT2D eigenvalue weighted by atomic mass is 9.99. The molecule has 2 aromatic rings. The van der Waals surface area contributed by atoms with Crippen molar-refractivity contribution in [1.82, 2.24) is 0 Å². The topological polar surface area (TPSA) is 61.8 Å². The van der Waals surface area contributed by atoms with Crippen molar-refractivity contribution in [3.63, 3.8) is 0 Å². The highest BCUT2D eigenvalue weighted by atomic mass is 32.2. The van der Waals surface area contributed by atoms with Crippen LogP contribution in [0.2, 0.25) is 16.6 Å². The third-order valence-corrected chi connectivity index (χ3v) is 13.6. The van der Waals surface area contributed by atoms with E-state index in [1.165, 1.54) is 7.11 Å². The van der Waals surface area contributed by atoms with E-state index in [-0.39, 0.29) is 17.9 Å². The molecule has 0 heterocycles. The smallest absolute Gasteiger partial charge is 0.467 e. The minimum atomic E-state index is -5.92. The Morgan fingerprint density at radius 2 is 1.57 bits per heavy atom. The van der Waals surface area contributed by atoms with E-state index >= 15 is 0 Å². The zero-order valence-corrected chi connectivity index (χ0v) is 23.1. The first kappa shape index (κ1) is 29.0. The molecular weight excluding hydrogens is 497 g/mol. The summed E-state index contributed by atoms with van der Waals surface area (Å²) in [6, 6.07) is 6.16. The second-order valence-electron chi connectivity index (χ2n) is 9.46. The lowest BCUT2D eigenvalue weighted by Crippen LogP contribution is -2.43. The van der Waals surface area contributed by atoms with Gasteiger partial charge in [0.1, 0.15) is 13.8 Å². The van der Waals surface area contributed by atoms with E-state index < -0.39 is 29.4 Å². The summed E-state index contributed by atoms with van der Waals surface area (Å²) in [4.78, 5) is 0. The Morgan fingerprint density at radius 3 is 2.06 bits per heavy atom. The number of halogens is 3. The average Bonchev–Trinajstić information content (AvgIpc) is 2.72. The first-order valence-electron chi connectivity index (χ1n) is 11.3. The van der Waals surface area contributed by atoms with Crippen molar-refractivity contribution in [3.05, 3.63) is 35.4 Å². The van der Waals surface area contributed by atoms with Crippen LogP contribution in [0.4, 0.5) is 13.2 Å². The molecule has 0 fully saturated rings. The van der Waals surface area contributed by atoms with Gasteiger partial charge in [0.05, 0.1) is 0 Å². The highest BCUT2D eigenvalue weighted by molar-refractivity contribution is 7.88. The van der Waals surface area contributed by atoms with Crippen molar-refractivity contribution >= 4 is 29.0 Å². The molecule has 2 aromatic carbocycles. The van der Waals surface area contributed by atoms with Crippen LogP contribution in [-0.2, 0) is 14.9 Å². The SMILES string of the molecule is COCOc1cc(OS(=O)(=O)C(F)(F)F)c2c(C#C[Si](C(C)C)(C(C)C)C(C)C)c(C)ccc2c1. The number of rotatable bonds is 8. The maximum atomic E-state index is 13.2. The van der Waals surface area contributed by atoms with E-state index in [0.717, 1.165) is 6.07 Å². The van der Waals surface area contributed by atoms with Crippen LogP contribution < -0.4 is 8.92 Å². The van der Waals surface area contributed by atoms with Gasteiger partial charge in [0.2, 0.25) is 0 Å². The van der Waals surface area contributed by atoms with Gasteiger partial charge in [0.15, 0.2) is 12.5 Å². The number of hydrogen-bond donors (Lipinski definition) is 0. The summed E-state index contributed by atoms with van der Waals surface area (Å²) in [5, 5.41) is 0.626. The van der Waals surface area contributed by atoms with Gasteiger partial charge in [-0.25, -0.2) is 0 Å². The van der Waals surface area contributed by atoms with Crippen molar-refractivity contribution in [1.29, 1.82) is 0 Å². The maximum absolute atomic E-state index is 13.2. The normalized spacial score (nSPS) is 12.9. The number of benzene rings is 2. The highest BCUT2D eigenvalue weighted by Crippen LogP contribution is 2.42. The molecule has 0 saturated heterocycles. The highest BCUT2D eigenvalue weighted by Gasteiger charge is 2.49. The van der Waals surface area contributed by atoms with Crippen LogP contribution in [0, 0.1) is 18.4 Å². The van der Waals surface area contributed by atoms with Crippen molar-refractivity contribution in [3.8, 4) is 23.0 Å². The van der Waals surface area contributed by atoms with E-state index in [0.29, 0.717) is 33.1 Å². The molecule has 0 atom stereocenters. The van der Waals surface area contributed by atoms with E-state index in [1.54, 1.807) is 25.1 Å². The fourth-order valence-electron chi connectivity index (χ4n) is 4.71. The zero-order chi connectivity index (χ0) is 26.8. The Labute approximate surface area is 207 Å². The first-order chi connectivity index (χ1) is 16.1. The van der Waals surface area contributed by atoms with Crippen molar-refractivity contribution in [2.24, 2.45) is 0 Å². The number of hydrogen-bond acceptors (Lipinski definition) is 5. The Morgan fingerprint density at radius 1 is 1.00 bits per heavy atom. The summed E-state index contributed by atoms with van der Waals surface area (Å²) in [6.45, 7) is 14.5. The largest absolute Gasteiger partial charge is 0.534 e. The van der Waals surface area contributed by atoms with E-state index in [2.05, 4.69) is 57.2 Å². The fourth-order valence-corrected chi connectivity index (χ4v) is 10.4. The maximum Gasteiger partial charge on any atom is 0.534 e. The van der Waals surface area contributed by atoms with Gasteiger partial charge in [-0.1, -0.05) is 59.6 Å². The fraction of sp³-hybridized carbons (Fsp3) is 0.520. The molecule has 35 heavy (non-hydrogen) atoms. The molecule has 5 nitrogen and oxygen atoms in total. The molecule has 0 bridgehead atoms. The lowest BCUT2D eigenvalue weighted by molar-refractivity contribution is -0.0499. The Balaban J connectivity index is 2.91. The van der Waals surface area contributed by atoms with Crippen LogP contribution in [-0.4, -0.2) is 35.9 Å². The molecule has 0 aliphatic rings. The van der Waals surface area contributed by atoms with Crippen molar-refractivity contribution < 1.29 is 35.2 Å². The molecular formula is C25H33F3O5SSi. The Kier molecular flexibility index (Phi) is 8.96. The standard InChI is InChI=1S/C25H33F3O5SSi/c1-16(2)35(17(3)4,18(5)6)12-11-22-19(7)9-10-20-13-21(32-15-31-8)14-23(24(20)22)33-34(29,30)25(26,27)28/h9-10,13-14,16-18H,15H2,1-8H3. The quantitative estimate of drug-likeness (QED) is 0.122. The Hall–Kier alpha value is -2.22. The number of alkyl halides is 3. The molecule has 194 valence electrons. The first-order valence-corrected chi connectivity index (χ1v) is 15.0. The molecule has 0 N–H and O–H groups in total. The van der Waals surface area contributed by atoms with Crippen LogP contribution >= 0.6 is 0 Å². The second kappa shape index (κ2) is 10.8. The van der Waals surface area contributed by atoms with Gasteiger partial charge in [-0.05, 0) is 40.6 Å². The van der Waals surface area contributed by atoms with Gasteiger partial charge < -0.3 is 13.7 Å². The summed E-state index contributed by atoms with van der Waals surface area (Å²) in [5.74, 6) is 2.86.